The number of benzodiazepines with no additional fused rings is 1. The minimum atomic E-state index is -1.05. The molecular weight excluding hydrogens is 410 g/mol. The van der Waals surface area contributed by atoms with Crippen LogP contribution >= 0.6 is 0 Å². The standard InChI is InChI=1S/C25H21N5O.C2H6/c26-16-19(17-9-3-1-4-10-17)15-22(27)29-24-25(31)28-21-14-8-7-13-20(21)23(30-24)18-11-5-2-6-12-18;1-2/h1-16,24,26H,(H2,27,29)(H,28,31);1-2H3/b19-15+,26-16?;. The van der Waals surface area contributed by atoms with Crippen molar-refractivity contribution in [1.29, 1.82) is 5.41 Å². The highest BCUT2D eigenvalue weighted by molar-refractivity contribution is 6.20. The number of aliphatic imine (C=N–C) groups is 2. The maximum absolute atomic E-state index is 12.9. The lowest BCUT2D eigenvalue weighted by Gasteiger charge is -2.09. The maximum atomic E-state index is 12.9. The minimum Gasteiger partial charge on any atom is -0.384 e. The van der Waals surface area contributed by atoms with Crippen LogP contribution in [0.25, 0.3) is 5.57 Å². The summed E-state index contributed by atoms with van der Waals surface area (Å²) in [4.78, 5) is 21.9. The van der Waals surface area contributed by atoms with Crippen molar-refractivity contribution in [2.45, 2.75) is 20.0 Å². The van der Waals surface area contributed by atoms with Gasteiger partial charge in [0.05, 0.1) is 11.4 Å². The van der Waals surface area contributed by atoms with Crippen LogP contribution in [-0.4, -0.2) is 29.8 Å². The monoisotopic (exact) mass is 437 g/mol. The summed E-state index contributed by atoms with van der Waals surface area (Å²) in [5, 5.41) is 10.6. The number of amidine groups is 1. The molecule has 1 amide bonds. The molecule has 0 spiro atoms. The molecule has 0 saturated carbocycles. The average Bonchev–Trinajstić information content (AvgIpc) is 3.01. The maximum Gasteiger partial charge on any atom is 0.271 e. The van der Waals surface area contributed by atoms with E-state index >= 15 is 0 Å². The highest BCUT2D eigenvalue weighted by Gasteiger charge is 2.25. The third-order valence-electron chi connectivity index (χ3n) is 4.81. The summed E-state index contributed by atoms with van der Waals surface area (Å²) in [7, 11) is 0. The lowest BCUT2D eigenvalue weighted by atomic mass is 10.0. The first-order valence-electron chi connectivity index (χ1n) is 10.8. The van der Waals surface area contributed by atoms with Gasteiger partial charge in [0.2, 0.25) is 6.17 Å². The van der Waals surface area contributed by atoms with Crippen LogP contribution in [0.4, 0.5) is 5.69 Å². The SMILES string of the molecule is CC.N=C/C(=C\C(N)=N\C1N=C(c2ccccc2)c2ccccc2NC1=O)c1ccccc1. The molecule has 4 N–H and O–H groups in total. The van der Waals surface area contributed by atoms with Crippen LogP contribution in [0.2, 0.25) is 0 Å². The summed E-state index contributed by atoms with van der Waals surface area (Å²) in [6.07, 6.45) is 1.73. The number of nitrogens with zero attached hydrogens (tertiary/aromatic N) is 2. The Hall–Kier alpha value is -4.32. The van der Waals surface area contributed by atoms with Gasteiger partial charge in [-0.25, -0.2) is 9.98 Å². The molecule has 0 aliphatic carbocycles. The van der Waals surface area contributed by atoms with Gasteiger partial charge >= 0.3 is 0 Å². The van der Waals surface area contributed by atoms with E-state index in [0.717, 1.165) is 16.7 Å². The van der Waals surface area contributed by atoms with Crippen molar-refractivity contribution in [2.24, 2.45) is 15.7 Å². The summed E-state index contributed by atoms with van der Waals surface area (Å²) in [5.74, 6) is -0.254. The zero-order valence-electron chi connectivity index (χ0n) is 18.7. The second-order valence-corrected chi connectivity index (χ2v) is 6.92. The third kappa shape index (κ3) is 5.68. The zero-order valence-corrected chi connectivity index (χ0v) is 18.7. The molecule has 1 aliphatic rings. The number of amides is 1. The van der Waals surface area contributed by atoms with Crippen LogP contribution in [0.1, 0.15) is 30.5 Å². The number of allylic oxidation sites excluding steroid dienone is 1. The van der Waals surface area contributed by atoms with Crippen LogP contribution in [-0.2, 0) is 4.79 Å². The number of benzene rings is 3. The predicted octanol–water partition coefficient (Wildman–Crippen LogP) is 4.92. The highest BCUT2D eigenvalue weighted by Crippen LogP contribution is 2.24. The molecule has 166 valence electrons. The summed E-state index contributed by atoms with van der Waals surface area (Å²) in [6.45, 7) is 4.00. The van der Waals surface area contributed by atoms with Crippen LogP contribution in [0.5, 0.6) is 0 Å². The van der Waals surface area contributed by atoms with E-state index in [1.54, 1.807) is 6.08 Å². The number of carbonyl (C=O) groups is 1. The fourth-order valence-corrected chi connectivity index (χ4v) is 3.34. The fraction of sp³-hybridized carbons (Fsp3) is 0.111. The number of fused-ring (bicyclic) bond motifs is 1. The van der Waals surface area contributed by atoms with E-state index in [-0.39, 0.29) is 11.7 Å². The lowest BCUT2D eigenvalue weighted by molar-refractivity contribution is -0.117. The van der Waals surface area contributed by atoms with Crippen molar-refractivity contribution >= 4 is 34.9 Å². The molecule has 1 heterocycles. The molecule has 0 radical (unpaired) electrons. The van der Waals surface area contributed by atoms with Crippen molar-refractivity contribution in [3.8, 4) is 0 Å². The number of nitrogens with two attached hydrogens (primary N) is 1. The summed E-state index contributed by atoms with van der Waals surface area (Å²) in [6, 6.07) is 26.6. The first kappa shape index (κ1) is 23.3. The molecule has 0 fully saturated rings. The molecule has 3 aromatic carbocycles. The van der Waals surface area contributed by atoms with Crippen LogP contribution < -0.4 is 11.1 Å². The molecule has 1 atom stereocenters. The number of rotatable bonds is 5. The molecule has 0 bridgehead atoms. The second kappa shape index (κ2) is 11.3. The zero-order chi connectivity index (χ0) is 23.6. The van der Waals surface area contributed by atoms with E-state index in [0.29, 0.717) is 17.0 Å². The first-order valence-corrected chi connectivity index (χ1v) is 10.8. The Kier molecular flexibility index (Phi) is 8.02. The third-order valence-corrected chi connectivity index (χ3v) is 4.81. The Morgan fingerprint density at radius 1 is 0.970 bits per heavy atom. The van der Waals surface area contributed by atoms with Gasteiger partial charge < -0.3 is 16.5 Å². The van der Waals surface area contributed by atoms with E-state index in [9.17, 15) is 4.79 Å². The van der Waals surface area contributed by atoms with E-state index in [4.69, 9.17) is 11.1 Å². The molecule has 6 nitrogen and oxygen atoms in total. The van der Waals surface area contributed by atoms with Crippen molar-refractivity contribution in [1.82, 2.24) is 0 Å². The number of anilines is 1. The quantitative estimate of drug-likeness (QED) is 0.389. The Bertz CT molecular complexity index is 1200. The van der Waals surface area contributed by atoms with E-state index < -0.39 is 6.17 Å². The number of hydrogen-bond acceptors (Lipinski definition) is 4. The van der Waals surface area contributed by atoms with E-state index in [1.807, 2.05) is 98.8 Å². The van der Waals surface area contributed by atoms with Crippen molar-refractivity contribution in [3.63, 3.8) is 0 Å². The van der Waals surface area contributed by atoms with Gasteiger partial charge in [-0.2, -0.15) is 0 Å². The van der Waals surface area contributed by atoms with Gasteiger partial charge in [-0.15, -0.1) is 0 Å². The van der Waals surface area contributed by atoms with Crippen LogP contribution in [0.3, 0.4) is 0 Å². The molecule has 4 rings (SSSR count). The van der Waals surface area contributed by atoms with Gasteiger partial charge in [0.15, 0.2) is 0 Å². The summed E-state index contributed by atoms with van der Waals surface area (Å²) in [5.41, 5.74) is 10.6. The highest BCUT2D eigenvalue weighted by atomic mass is 16.2. The van der Waals surface area contributed by atoms with E-state index in [2.05, 4.69) is 15.3 Å². The van der Waals surface area contributed by atoms with Gasteiger partial charge in [-0.3, -0.25) is 4.79 Å². The number of nitrogens with one attached hydrogen (secondary N) is 2. The smallest absolute Gasteiger partial charge is 0.271 e. The lowest BCUT2D eigenvalue weighted by Crippen LogP contribution is -2.26. The first-order chi connectivity index (χ1) is 16.2. The number of carbonyl (C=O) groups excluding carboxylic acids is 1. The fourth-order valence-electron chi connectivity index (χ4n) is 3.34. The van der Waals surface area contributed by atoms with Gasteiger partial charge in [0.1, 0.15) is 5.84 Å². The predicted molar refractivity (Wildman–Crippen MR) is 137 cm³/mol. The van der Waals surface area contributed by atoms with Gasteiger partial charge in [-0.05, 0) is 17.7 Å². The minimum absolute atomic E-state index is 0.115. The Balaban J connectivity index is 0.00000149. The van der Waals surface area contributed by atoms with Crippen LogP contribution in [0, 0.1) is 5.41 Å². The Morgan fingerprint density at radius 3 is 2.24 bits per heavy atom. The molecule has 3 aromatic rings. The molecule has 0 saturated heterocycles. The molecular formula is C27H27N5O. The van der Waals surface area contributed by atoms with Crippen molar-refractivity contribution in [3.05, 3.63) is 108 Å². The number of para-hydroxylation sites is 1. The Morgan fingerprint density at radius 2 is 1.58 bits per heavy atom. The van der Waals surface area contributed by atoms with Crippen LogP contribution in [0.15, 0.2) is 101 Å². The van der Waals surface area contributed by atoms with Gasteiger partial charge in [-0.1, -0.05) is 92.7 Å². The molecule has 33 heavy (non-hydrogen) atoms. The molecule has 1 unspecified atom stereocenters. The summed E-state index contributed by atoms with van der Waals surface area (Å²) < 4.78 is 0. The van der Waals surface area contributed by atoms with E-state index in [1.165, 1.54) is 6.21 Å². The van der Waals surface area contributed by atoms with Crippen molar-refractivity contribution < 1.29 is 4.79 Å². The normalized spacial score (nSPS) is 15.8. The number of hydrogen-bond donors (Lipinski definition) is 3. The summed E-state index contributed by atoms with van der Waals surface area (Å²) >= 11 is 0. The molecule has 1 aliphatic heterocycles. The average molecular weight is 438 g/mol. The Labute approximate surface area is 194 Å². The van der Waals surface area contributed by atoms with Crippen molar-refractivity contribution in [2.75, 3.05) is 5.32 Å². The topological polar surface area (TPSA) is 104 Å². The largest absolute Gasteiger partial charge is 0.384 e. The molecule has 6 heteroatoms. The molecule has 0 aromatic heterocycles. The van der Waals surface area contributed by atoms with Gasteiger partial charge in [0, 0.05) is 22.9 Å². The van der Waals surface area contributed by atoms with Gasteiger partial charge in [0.25, 0.3) is 5.91 Å². The second-order valence-electron chi connectivity index (χ2n) is 6.92.